The van der Waals surface area contributed by atoms with Crippen LogP contribution in [0, 0.1) is 12.8 Å². The predicted octanol–water partition coefficient (Wildman–Crippen LogP) is 3.37. The SMILES string of the molecule is [2H]C([2H])([2H])NC(=O)c1nnc(NC(=O)C2CC2)cc1Nc1cccc(-c2csc(C)n2)c1OC. The van der Waals surface area contributed by atoms with Crippen molar-refractivity contribution in [2.45, 2.75) is 19.8 Å². The van der Waals surface area contributed by atoms with E-state index in [-0.39, 0.29) is 29.0 Å². The van der Waals surface area contributed by atoms with Crippen molar-refractivity contribution in [2.24, 2.45) is 5.92 Å². The summed E-state index contributed by atoms with van der Waals surface area (Å²) in [5, 5.41) is 18.3. The van der Waals surface area contributed by atoms with E-state index in [9.17, 15) is 9.59 Å². The first-order valence-corrected chi connectivity index (χ1v) is 10.4. The average Bonchev–Trinajstić information content (AvgIpc) is 3.53. The average molecular weight is 442 g/mol. The number of nitrogens with one attached hydrogen (secondary N) is 3. The Kier molecular flexibility index (Phi) is 4.81. The second-order valence-corrected chi connectivity index (χ2v) is 8.03. The van der Waals surface area contributed by atoms with Crippen molar-refractivity contribution in [1.82, 2.24) is 20.5 Å². The molecule has 1 saturated carbocycles. The highest BCUT2D eigenvalue weighted by Gasteiger charge is 2.30. The lowest BCUT2D eigenvalue weighted by molar-refractivity contribution is -0.117. The molecule has 1 fully saturated rings. The fourth-order valence-electron chi connectivity index (χ4n) is 3.04. The van der Waals surface area contributed by atoms with Gasteiger partial charge in [0.1, 0.15) is 0 Å². The molecule has 2 aromatic heterocycles. The fourth-order valence-corrected chi connectivity index (χ4v) is 3.65. The molecule has 0 radical (unpaired) electrons. The molecule has 2 amide bonds. The molecule has 0 spiro atoms. The van der Waals surface area contributed by atoms with Gasteiger partial charge in [0.15, 0.2) is 17.3 Å². The normalized spacial score (nSPS) is 14.7. The van der Waals surface area contributed by atoms with Gasteiger partial charge in [-0.3, -0.25) is 9.59 Å². The van der Waals surface area contributed by atoms with Crippen molar-refractivity contribution < 1.29 is 18.4 Å². The standard InChI is InChI=1S/C21H22N6O3S/c1-11-23-16(10-31-11)13-5-4-6-14(19(13)30-3)24-15-9-17(25-20(28)12-7-8-12)26-27-18(15)21(29)22-2/h4-6,9-10,12H,7-8H2,1-3H3,(H,22,29)(H2,24,25,26,28)/i2D3. The second kappa shape index (κ2) is 8.68. The summed E-state index contributed by atoms with van der Waals surface area (Å²) in [6.07, 6.45) is 1.62. The van der Waals surface area contributed by atoms with Gasteiger partial charge < -0.3 is 20.7 Å². The summed E-state index contributed by atoms with van der Waals surface area (Å²) in [5.41, 5.74) is 1.84. The Labute approximate surface area is 187 Å². The molecule has 10 heteroatoms. The number of nitrogens with zero attached hydrogens (tertiary/aromatic N) is 3. The lowest BCUT2D eigenvalue weighted by Gasteiger charge is -2.16. The molecule has 0 aliphatic heterocycles. The largest absolute Gasteiger partial charge is 0.494 e. The molecule has 2 heterocycles. The number of benzene rings is 1. The molecule has 9 nitrogen and oxygen atoms in total. The number of hydrogen-bond donors (Lipinski definition) is 3. The number of thiazole rings is 1. The van der Waals surface area contributed by atoms with E-state index < -0.39 is 12.9 Å². The first kappa shape index (κ1) is 17.2. The third-order valence-electron chi connectivity index (χ3n) is 4.71. The van der Waals surface area contributed by atoms with Gasteiger partial charge in [-0.25, -0.2) is 4.98 Å². The molecule has 0 bridgehead atoms. The minimum atomic E-state index is -2.71. The van der Waals surface area contributed by atoms with Gasteiger partial charge in [-0.15, -0.1) is 21.5 Å². The Bertz CT molecular complexity index is 1240. The van der Waals surface area contributed by atoms with Crippen LogP contribution in [-0.4, -0.2) is 41.1 Å². The Morgan fingerprint density at radius 1 is 1.26 bits per heavy atom. The third-order valence-corrected chi connectivity index (χ3v) is 5.48. The minimum Gasteiger partial charge on any atom is -0.494 e. The lowest BCUT2D eigenvalue weighted by atomic mass is 10.1. The van der Waals surface area contributed by atoms with E-state index in [4.69, 9.17) is 8.85 Å². The molecular weight excluding hydrogens is 416 g/mol. The first-order chi connectivity index (χ1) is 16.1. The van der Waals surface area contributed by atoms with Crippen LogP contribution < -0.4 is 20.7 Å². The van der Waals surface area contributed by atoms with E-state index in [0.717, 1.165) is 29.1 Å². The molecule has 0 unspecified atom stereocenters. The number of aryl methyl sites for hydroxylation is 1. The highest BCUT2D eigenvalue weighted by Crippen LogP contribution is 2.38. The van der Waals surface area contributed by atoms with E-state index >= 15 is 0 Å². The molecule has 1 aliphatic carbocycles. The van der Waals surface area contributed by atoms with Gasteiger partial charge in [0, 0.05) is 34.0 Å². The first-order valence-electron chi connectivity index (χ1n) is 11.0. The van der Waals surface area contributed by atoms with Crippen LogP contribution in [-0.2, 0) is 4.79 Å². The third kappa shape index (κ3) is 4.48. The summed E-state index contributed by atoms with van der Waals surface area (Å²) in [5.74, 6) is -0.584. The van der Waals surface area contributed by atoms with Gasteiger partial charge in [-0.1, -0.05) is 6.07 Å². The van der Waals surface area contributed by atoms with Crippen molar-refractivity contribution in [1.29, 1.82) is 0 Å². The van der Waals surface area contributed by atoms with Crippen molar-refractivity contribution in [3.05, 3.63) is 40.3 Å². The van der Waals surface area contributed by atoms with Crippen LogP contribution in [0.25, 0.3) is 11.3 Å². The lowest BCUT2D eigenvalue weighted by Crippen LogP contribution is -2.22. The highest BCUT2D eigenvalue weighted by atomic mass is 32.1. The number of para-hydroxylation sites is 1. The molecule has 0 atom stereocenters. The molecule has 4 rings (SSSR count). The van der Waals surface area contributed by atoms with E-state index in [0.29, 0.717) is 11.4 Å². The van der Waals surface area contributed by atoms with Crippen LogP contribution in [0.1, 0.15) is 32.5 Å². The molecule has 3 aromatic rings. The topological polar surface area (TPSA) is 118 Å². The van der Waals surface area contributed by atoms with Gasteiger partial charge in [0.05, 0.1) is 29.2 Å². The molecule has 0 saturated heterocycles. The van der Waals surface area contributed by atoms with Gasteiger partial charge in [0.2, 0.25) is 5.91 Å². The number of rotatable bonds is 7. The van der Waals surface area contributed by atoms with E-state index in [1.165, 1.54) is 24.5 Å². The summed E-state index contributed by atoms with van der Waals surface area (Å²) in [4.78, 5) is 29.3. The van der Waals surface area contributed by atoms with Crippen molar-refractivity contribution in [3.8, 4) is 17.0 Å². The molecule has 1 aromatic carbocycles. The molecule has 1 aliphatic rings. The number of methoxy groups -OCH3 is 1. The summed E-state index contributed by atoms with van der Waals surface area (Å²) in [7, 11) is 1.51. The maximum Gasteiger partial charge on any atom is 0.273 e. The maximum atomic E-state index is 12.6. The van der Waals surface area contributed by atoms with Crippen LogP contribution in [0.5, 0.6) is 5.75 Å². The predicted molar refractivity (Wildman–Crippen MR) is 119 cm³/mol. The summed E-state index contributed by atoms with van der Waals surface area (Å²) < 4.78 is 27.6. The Balaban J connectivity index is 1.72. The Hall–Kier alpha value is -3.53. The van der Waals surface area contributed by atoms with Crippen LogP contribution in [0.15, 0.2) is 29.6 Å². The quantitative estimate of drug-likeness (QED) is 0.514. The van der Waals surface area contributed by atoms with Crippen molar-refractivity contribution in [2.75, 3.05) is 24.7 Å². The van der Waals surface area contributed by atoms with Gasteiger partial charge in [-0.05, 0) is 31.9 Å². The molecule has 3 N–H and O–H groups in total. The number of ether oxygens (including phenoxy) is 1. The number of hydrogen-bond acceptors (Lipinski definition) is 8. The monoisotopic (exact) mass is 441 g/mol. The number of amides is 2. The van der Waals surface area contributed by atoms with E-state index in [1.807, 2.05) is 23.7 Å². The zero-order valence-electron chi connectivity index (χ0n) is 19.9. The number of anilines is 3. The Morgan fingerprint density at radius 3 is 2.77 bits per heavy atom. The molecule has 160 valence electrons. The minimum absolute atomic E-state index is 0.0601. The summed E-state index contributed by atoms with van der Waals surface area (Å²) in [6, 6.07) is 6.81. The maximum absolute atomic E-state index is 12.6. The second-order valence-electron chi connectivity index (χ2n) is 6.97. The van der Waals surface area contributed by atoms with Crippen molar-refractivity contribution >= 4 is 40.3 Å². The van der Waals surface area contributed by atoms with E-state index in [2.05, 4.69) is 25.8 Å². The van der Waals surface area contributed by atoms with Gasteiger partial charge in [0.25, 0.3) is 5.91 Å². The smallest absolute Gasteiger partial charge is 0.273 e. The van der Waals surface area contributed by atoms with Crippen LogP contribution in [0.2, 0.25) is 0 Å². The van der Waals surface area contributed by atoms with Crippen LogP contribution in [0.3, 0.4) is 0 Å². The summed E-state index contributed by atoms with van der Waals surface area (Å²) >= 11 is 1.50. The fraction of sp³-hybridized carbons (Fsp3) is 0.286. The van der Waals surface area contributed by atoms with E-state index in [1.54, 1.807) is 12.1 Å². The number of carbonyl (C=O) groups excluding carboxylic acids is 2. The zero-order valence-corrected chi connectivity index (χ0v) is 17.7. The van der Waals surface area contributed by atoms with Crippen LogP contribution >= 0.6 is 11.3 Å². The molecular formula is C21H22N6O3S. The summed E-state index contributed by atoms with van der Waals surface area (Å²) in [6.45, 7) is -0.812. The number of aromatic nitrogens is 3. The van der Waals surface area contributed by atoms with Gasteiger partial charge in [-0.2, -0.15) is 0 Å². The Morgan fingerprint density at radius 2 is 2.10 bits per heavy atom. The van der Waals surface area contributed by atoms with Crippen molar-refractivity contribution in [3.63, 3.8) is 0 Å². The number of carbonyl (C=O) groups is 2. The zero-order chi connectivity index (χ0) is 24.5. The highest BCUT2D eigenvalue weighted by molar-refractivity contribution is 7.09. The molecule has 31 heavy (non-hydrogen) atoms. The van der Waals surface area contributed by atoms with Crippen LogP contribution in [0.4, 0.5) is 17.2 Å². The van der Waals surface area contributed by atoms with Gasteiger partial charge >= 0.3 is 0 Å².